The van der Waals surface area contributed by atoms with Crippen molar-refractivity contribution in [3.05, 3.63) is 30.5 Å². The molecule has 0 bridgehead atoms. The molecular weight excluding hydrogens is 328 g/mol. The molecule has 2 aromatic heterocycles. The van der Waals surface area contributed by atoms with Crippen LogP contribution in [0.1, 0.15) is 0 Å². The lowest BCUT2D eigenvalue weighted by Gasteiger charge is -2.26. The number of thioether (sulfide) groups is 1. The van der Waals surface area contributed by atoms with E-state index in [9.17, 15) is 4.79 Å². The van der Waals surface area contributed by atoms with Crippen LogP contribution in [0.4, 0.5) is 0 Å². The summed E-state index contributed by atoms with van der Waals surface area (Å²) in [6.07, 6.45) is 1.85. The number of H-pyrrole nitrogens is 1. The molecule has 0 atom stereocenters. The Labute approximate surface area is 142 Å². The zero-order chi connectivity index (χ0) is 16.4. The number of carbonyl (C=O) groups is 1. The van der Waals surface area contributed by atoms with Crippen LogP contribution in [-0.4, -0.2) is 58.0 Å². The number of aromatic amines is 1. The smallest absolute Gasteiger partial charge is 0.277 e. The van der Waals surface area contributed by atoms with E-state index in [1.165, 1.54) is 11.8 Å². The minimum absolute atomic E-state index is 0.0649. The summed E-state index contributed by atoms with van der Waals surface area (Å²) in [5.74, 6) is 0.805. The van der Waals surface area contributed by atoms with Crippen molar-refractivity contribution in [1.82, 2.24) is 20.1 Å². The summed E-state index contributed by atoms with van der Waals surface area (Å²) in [6.45, 7) is 2.48. The van der Waals surface area contributed by atoms with Gasteiger partial charge < -0.3 is 19.0 Å². The zero-order valence-electron chi connectivity index (χ0n) is 12.9. The molecule has 124 valence electrons. The van der Waals surface area contributed by atoms with Crippen LogP contribution in [-0.2, 0) is 9.53 Å². The van der Waals surface area contributed by atoms with Gasteiger partial charge in [-0.05, 0) is 6.07 Å². The summed E-state index contributed by atoms with van der Waals surface area (Å²) in [7, 11) is 0. The molecule has 1 N–H and O–H groups in total. The Morgan fingerprint density at radius 1 is 1.25 bits per heavy atom. The van der Waals surface area contributed by atoms with Crippen LogP contribution in [0.25, 0.3) is 22.4 Å². The third kappa shape index (κ3) is 3.02. The summed E-state index contributed by atoms with van der Waals surface area (Å²) in [6, 6.07) is 7.92. The highest BCUT2D eigenvalue weighted by Crippen LogP contribution is 2.29. The Morgan fingerprint density at radius 3 is 2.96 bits per heavy atom. The predicted molar refractivity (Wildman–Crippen MR) is 89.7 cm³/mol. The van der Waals surface area contributed by atoms with Gasteiger partial charge in [0.25, 0.3) is 11.1 Å². The van der Waals surface area contributed by atoms with E-state index in [0.717, 1.165) is 16.5 Å². The molecule has 1 fully saturated rings. The maximum Gasteiger partial charge on any atom is 0.277 e. The second-order valence-electron chi connectivity index (χ2n) is 5.40. The van der Waals surface area contributed by atoms with E-state index in [1.54, 1.807) is 4.90 Å². The van der Waals surface area contributed by atoms with Crippen molar-refractivity contribution < 1.29 is 13.9 Å². The fourth-order valence-corrected chi connectivity index (χ4v) is 3.32. The first-order valence-corrected chi connectivity index (χ1v) is 8.68. The summed E-state index contributed by atoms with van der Waals surface area (Å²) in [5.41, 5.74) is 1.88. The number of amides is 1. The number of rotatable bonds is 4. The van der Waals surface area contributed by atoms with Crippen molar-refractivity contribution in [2.45, 2.75) is 5.22 Å². The molecule has 0 spiro atoms. The Morgan fingerprint density at radius 2 is 2.08 bits per heavy atom. The molecular formula is C16H16N4O3S. The lowest BCUT2D eigenvalue weighted by Crippen LogP contribution is -2.41. The molecule has 1 saturated heterocycles. The number of nitrogens with zero attached hydrogens (tertiary/aromatic N) is 3. The first-order chi connectivity index (χ1) is 11.8. The standard InChI is InChI=1S/C16H16N4O3S/c21-14(20-5-7-22-8-6-20)10-24-16-19-18-15(23-16)12-9-17-13-4-2-1-3-11(12)13/h1-4,9,17H,5-8,10H2. The van der Waals surface area contributed by atoms with Gasteiger partial charge >= 0.3 is 0 Å². The largest absolute Gasteiger partial charge is 0.411 e. The minimum atomic E-state index is 0.0649. The molecule has 0 unspecified atom stereocenters. The molecule has 1 amide bonds. The topological polar surface area (TPSA) is 84.2 Å². The second kappa shape index (κ2) is 6.66. The third-order valence-corrected chi connectivity index (χ3v) is 4.71. The van der Waals surface area contributed by atoms with Crippen LogP contribution in [0, 0.1) is 0 Å². The van der Waals surface area contributed by atoms with E-state index in [4.69, 9.17) is 9.15 Å². The molecule has 3 aromatic rings. The summed E-state index contributed by atoms with van der Waals surface area (Å²) < 4.78 is 10.9. The van der Waals surface area contributed by atoms with Crippen molar-refractivity contribution in [3.8, 4) is 11.5 Å². The van der Waals surface area contributed by atoms with Crippen LogP contribution < -0.4 is 0 Å². The minimum Gasteiger partial charge on any atom is -0.411 e. The highest BCUT2D eigenvalue weighted by molar-refractivity contribution is 7.99. The van der Waals surface area contributed by atoms with Crippen molar-refractivity contribution in [1.29, 1.82) is 0 Å². The number of aromatic nitrogens is 3. The first kappa shape index (κ1) is 15.2. The highest BCUT2D eigenvalue weighted by atomic mass is 32.2. The quantitative estimate of drug-likeness (QED) is 0.730. The van der Waals surface area contributed by atoms with Crippen molar-refractivity contribution in [2.75, 3.05) is 32.1 Å². The van der Waals surface area contributed by atoms with Gasteiger partial charge in [0, 0.05) is 30.2 Å². The Hall–Kier alpha value is -2.32. The number of hydrogen-bond donors (Lipinski definition) is 1. The number of fused-ring (bicyclic) bond motifs is 1. The van der Waals surface area contributed by atoms with E-state index in [0.29, 0.717) is 37.4 Å². The van der Waals surface area contributed by atoms with Gasteiger partial charge in [-0.2, -0.15) is 0 Å². The van der Waals surface area contributed by atoms with E-state index in [1.807, 2.05) is 30.5 Å². The summed E-state index contributed by atoms with van der Waals surface area (Å²) in [4.78, 5) is 17.1. The molecule has 1 aromatic carbocycles. The Bertz CT molecular complexity index is 854. The number of hydrogen-bond acceptors (Lipinski definition) is 6. The molecule has 7 nitrogen and oxygen atoms in total. The average molecular weight is 344 g/mol. The highest BCUT2D eigenvalue weighted by Gasteiger charge is 2.19. The second-order valence-corrected chi connectivity index (χ2v) is 6.33. The maximum absolute atomic E-state index is 12.1. The molecule has 4 rings (SSSR count). The maximum atomic E-state index is 12.1. The molecule has 0 aliphatic carbocycles. The van der Waals surface area contributed by atoms with E-state index in [-0.39, 0.29) is 11.7 Å². The summed E-state index contributed by atoms with van der Waals surface area (Å²) in [5, 5.41) is 9.56. The monoisotopic (exact) mass is 344 g/mol. The number of nitrogens with one attached hydrogen (secondary N) is 1. The zero-order valence-corrected chi connectivity index (χ0v) is 13.7. The molecule has 0 saturated carbocycles. The van der Waals surface area contributed by atoms with Gasteiger partial charge in [-0.1, -0.05) is 30.0 Å². The van der Waals surface area contributed by atoms with E-state index >= 15 is 0 Å². The van der Waals surface area contributed by atoms with Crippen LogP contribution in [0.2, 0.25) is 0 Å². The van der Waals surface area contributed by atoms with Crippen molar-refractivity contribution in [2.24, 2.45) is 0 Å². The van der Waals surface area contributed by atoms with Gasteiger partial charge in [0.15, 0.2) is 0 Å². The number of morpholine rings is 1. The average Bonchev–Trinajstić information content (AvgIpc) is 3.27. The number of carbonyl (C=O) groups excluding carboxylic acids is 1. The lowest BCUT2D eigenvalue weighted by atomic mass is 10.2. The van der Waals surface area contributed by atoms with Crippen LogP contribution in [0.5, 0.6) is 0 Å². The van der Waals surface area contributed by atoms with Gasteiger partial charge in [-0.25, -0.2) is 0 Å². The molecule has 1 aliphatic heterocycles. The summed E-state index contributed by atoms with van der Waals surface area (Å²) >= 11 is 1.26. The lowest BCUT2D eigenvalue weighted by molar-refractivity contribution is -0.132. The van der Waals surface area contributed by atoms with Crippen molar-refractivity contribution >= 4 is 28.6 Å². The van der Waals surface area contributed by atoms with Crippen LogP contribution in [0.15, 0.2) is 40.1 Å². The van der Waals surface area contributed by atoms with Crippen LogP contribution >= 0.6 is 11.8 Å². The molecule has 24 heavy (non-hydrogen) atoms. The van der Waals surface area contributed by atoms with E-state index < -0.39 is 0 Å². The molecule has 0 radical (unpaired) electrons. The predicted octanol–water partition coefficient (Wildman–Crippen LogP) is 2.17. The Kier molecular flexibility index (Phi) is 4.22. The normalized spacial score (nSPS) is 15.1. The number of ether oxygens (including phenoxy) is 1. The number of para-hydroxylation sites is 1. The first-order valence-electron chi connectivity index (χ1n) is 7.69. The SMILES string of the molecule is O=C(CSc1nnc(-c2c[nH]c3ccccc23)o1)N1CCOCC1. The van der Waals surface area contributed by atoms with Gasteiger partial charge in [-0.3, -0.25) is 4.79 Å². The van der Waals surface area contributed by atoms with Gasteiger partial charge in [-0.15, -0.1) is 10.2 Å². The fourth-order valence-electron chi connectivity index (χ4n) is 2.65. The third-order valence-electron chi connectivity index (χ3n) is 3.91. The Balaban J connectivity index is 1.44. The van der Waals surface area contributed by atoms with Gasteiger partial charge in [0.2, 0.25) is 5.91 Å². The van der Waals surface area contributed by atoms with Gasteiger partial charge in [0.1, 0.15) is 0 Å². The molecule has 1 aliphatic rings. The molecule has 8 heteroatoms. The molecule has 3 heterocycles. The fraction of sp³-hybridized carbons (Fsp3) is 0.312. The van der Waals surface area contributed by atoms with Gasteiger partial charge in [0.05, 0.1) is 24.5 Å². The van der Waals surface area contributed by atoms with Crippen LogP contribution in [0.3, 0.4) is 0 Å². The number of benzene rings is 1. The van der Waals surface area contributed by atoms with E-state index in [2.05, 4.69) is 15.2 Å². The van der Waals surface area contributed by atoms with Crippen molar-refractivity contribution in [3.63, 3.8) is 0 Å².